The largest absolute Gasteiger partial charge is 0.271 e. The lowest BCUT2D eigenvalue weighted by Crippen LogP contribution is -1.91. The van der Waals surface area contributed by atoms with Crippen molar-refractivity contribution in [3.8, 4) is 0 Å². The number of halogens is 1. The minimum absolute atomic E-state index is 0.664. The topological polar surface area (TPSA) is 17.8 Å². The van der Waals surface area contributed by atoms with Crippen molar-refractivity contribution in [2.24, 2.45) is 7.05 Å². The van der Waals surface area contributed by atoms with Crippen molar-refractivity contribution in [1.29, 1.82) is 0 Å². The summed E-state index contributed by atoms with van der Waals surface area (Å²) in [5.74, 6) is 0. The Labute approximate surface area is 59.4 Å². The summed E-state index contributed by atoms with van der Waals surface area (Å²) in [6, 6.07) is 0. The van der Waals surface area contributed by atoms with Gasteiger partial charge in [0.25, 0.3) is 0 Å². The molecule has 2 nitrogen and oxygen atoms in total. The molecule has 0 aliphatic carbocycles. The minimum atomic E-state index is 0.664. The molecule has 0 saturated carbocycles. The molecule has 1 aromatic rings. The zero-order valence-corrected chi connectivity index (χ0v) is 6.24. The van der Waals surface area contributed by atoms with Crippen LogP contribution in [0.3, 0.4) is 0 Å². The van der Waals surface area contributed by atoms with E-state index in [1.165, 1.54) is 0 Å². The highest BCUT2D eigenvalue weighted by molar-refractivity contribution is 6.31. The molecule has 9 heavy (non-hydrogen) atoms. The molecule has 1 radical (unpaired) electrons. The average Bonchev–Trinajstić information content (AvgIpc) is 1.98. The Bertz CT molecular complexity index is 205. The van der Waals surface area contributed by atoms with E-state index in [9.17, 15) is 0 Å². The Morgan fingerprint density at radius 2 is 2.22 bits per heavy atom. The van der Waals surface area contributed by atoms with Gasteiger partial charge in [0.2, 0.25) is 0 Å². The van der Waals surface area contributed by atoms with Gasteiger partial charge >= 0.3 is 0 Å². The molecule has 0 fully saturated rings. The molecule has 1 aromatic heterocycles. The molecule has 0 amide bonds. The first-order valence-corrected chi connectivity index (χ1v) is 3.01. The third-order valence-corrected chi connectivity index (χ3v) is 1.75. The summed E-state index contributed by atoms with van der Waals surface area (Å²) >= 11 is 5.75. The van der Waals surface area contributed by atoms with Gasteiger partial charge in [0.1, 0.15) is 0 Å². The van der Waals surface area contributed by atoms with Gasteiger partial charge in [0.05, 0.1) is 16.4 Å². The highest BCUT2D eigenvalue weighted by Crippen LogP contribution is 2.17. The first kappa shape index (κ1) is 6.62. The van der Waals surface area contributed by atoms with E-state index in [0.29, 0.717) is 5.02 Å². The van der Waals surface area contributed by atoms with Crippen molar-refractivity contribution in [2.45, 2.75) is 6.92 Å². The van der Waals surface area contributed by atoms with Gasteiger partial charge in [0, 0.05) is 7.05 Å². The van der Waals surface area contributed by atoms with Crippen LogP contribution in [-0.4, -0.2) is 9.78 Å². The van der Waals surface area contributed by atoms with Crippen molar-refractivity contribution < 1.29 is 0 Å². The van der Waals surface area contributed by atoms with Gasteiger partial charge in [-0.3, -0.25) is 4.68 Å². The maximum atomic E-state index is 5.75. The van der Waals surface area contributed by atoms with Crippen LogP contribution >= 0.6 is 11.6 Å². The quantitative estimate of drug-likeness (QED) is 0.539. The fourth-order valence-corrected chi connectivity index (χ4v) is 0.840. The number of aromatic nitrogens is 2. The van der Waals surface area contributed by atoms with Crippen molar-refractivity contribution in [2.75, 3.05) is 0 Å². The number of hydrogen-bond acceptors (Lipinski definition) is 1. The molecule has 0 spiro atoms. The molecule has 3 heteroatoms. The van der Waals surface area contributed by atoms with Gasteiger partial charge in [-0.15, -0.1) is 0 Å². The highest BCUT2D eigenvalue weighted by atomic mass is 35.5. The van der Waals surface area contributed by atoms with E-state index < -0.39 is 0 Å². The molecule has 0 aliphatic heterocycles. The lowest BCUT2D eigenvalue weighted by atomic mass is 10.4. The number of rotatable bonds is 0. The van der Waals surface area contributed by atoms with Crippen molar-refractivity contribution >= 4 is 11.6 Å². The van der Waals surface area contributed by atoms with Gasteiger partial charge in [-0.2, -0.15) is 5.10 Å². The molecule has 0 aliphatic rings. The van der Waals surface area contributed by atoms with Crippen LogP contribution in [0.2, 0.25) is 5.02 Å². The smallest absolute Gasteiger partial charge is 0.0847 e. The van der Waals surface area contributed by atoms with Gasteiger partial charge in [-0.1, -0.05) is 11.6 Å². The fourth-order valence-electron chi connectivity index (χ4n) is 0.680. The van der Waals surface area contributed by atoms with Gasteiger partial charge in [0.15, 0.2) is 0 Å². The Morgan fingerprint density at radius 3 is 2.33 bits per heavy atom. The Balaban J connectivity index is 3.29. The summed E-state index contributed by atoms with van der Waals surface area (Å²) in [6.07, 6.45) is 0. The number of nitrogens with zero attached hydrogens (tertiary/aromatic N) is 2. The van der Waals surface area contributed by atoms with E-state index in [1.807, 2.05) is 14.0 Å². The molecular weight excluding hydrogens is 136 g/mol. The van der Waals surface area contributed by atoms with Gasteiger partial charge in [-0.05, 0) is 13.8 Å². The summed E-state index contributed by atoms with van der Waals surface area (Å²) in [6.45, 7) is 5.57. The van der Waals surface area contributed by atoms with E-state index in [2.05, 4.69) is 12.0 Å². The Morgan fingerprint density at radius 1 is 1.67 bits per heavy atom. The Hall–Kier alpha value is -0.500. The lowest BCUT2D eigenvalue weighted by Gasteiger charge is -1.89. The number of aryl methyl sites for hydroxylation is 2. The maximum Gasteiger partial charge on any atom is 0.0847 e. The van der Waals surface area contributed by atoms with Crippen LogP contribution in [0, 0.1) is 13.8 Å². The standard InChI is InChI=1S/C6H8ClN2/c1-4-6(7)5(2)9(3)8-4/h2H2,1,3H3. The second kappa shape index (κ2) is 2.03. The van der Waals surface area contributed by atoms with E-state index in [4.69, 9.17) is 11.6 Å². The van der Waals surface area contributed by atoms with Gasteiger partial charge in [-0.25, -0.2) is 0 Å². The maximum absolute atomic E-state index is 5.75. The summed E-state index contributed by atoms with van der Waals surface area (Å²) < 4.78 is 1.66. The first-order chi connectivity index (χ1) is 4.13. The third kappa shape index (κ3) is 0.944. The normalized spacial score (nSPS) is 10.2. The SMILES string of the molecule is [CH2]c1c(Cl)c(C)nn1C. The molecule has 0 aromatic carbocycles. The molecule has 49 valence electrons. The van der Waals surface area contributed by atoms with E-state index in [1.54, 1.807) is 4.68 Å². The van der Waals surface area contributed by atoms with Crippen LogP contribution in [-0.2, 0) is 7.05 Å². The van der Waals surface area contributed by atoms with E-state index >= 15 is 0 Å². The van der Waals surface area contributed by atoms with Crippen molar-refractivity contribution in [3.05, 3.63) is 23.3 Å². The van der Waals surface area contributed by atoms with Gasteiger partial charge < -0.3 is 0 Å². The predicted octanol–water partition coefficient (Wildman–Crippen LogP) is 1.56. The molecule has 0 N–H and O–H groups in total. The Kier molecular flexibility index (Phi) is 1.49. The molecule has 0 unspecified atom stereocenters. The fraction of sp³-hybridized carbons (Fsp3) is 0.333. The molecular formula is C6H8ClN2. The van der Waals surface area contributed by atoms with Crippen molar-refractivity contribution in [3.63, 3.8) is 0 Å². The molecule has 0 atom stereocenters. The monoisotopic (exact) mass is 143 g/mol. The van der Waals surface area contributed by atoms with Crippen LogP contribution in [0.15, 0.2) is 0 Å². The van der Waals surface area contributed by atoms with Crippen molar-refractivity contribution in [1.82, 2.24) is 9.78 Å². The minimum Gasteiger partial charge on any atom is -0.271 e. The van der Waals surface area contributed by atoms with E-state index in [-0.39, 0.29) is 0 Å². The molecule has 1 heterocycles. The third-order valence-electron chi connectivity index (χ3n) is 1.26. The second-order valence-electron chi connectivity index (χ2n) is 1.97. The van der Waals surface area contributed by atoms with Crippen LogP contribution in [0.4, 0.5) is 0 Å². The van der Waals surface area contributed by atoms with Crippen LogP contribution < -0.4 is 0 Å². The van der Waals surface area contributed by atoms with E-state index in [0.717, 1.165) is 11.4 Å². The molecule has 1 rings (SSSR count). The zero-order chi connectivity index (χ0) is 7.02. The van der Waals surface area contributed by atoms with Crippen LogP contribution in [0.5, 0.6) is 0 Å². The first-order valence-electron chi connectivity index (χ1n) is 2.64. The van der Waals surface area contributed by atoms with Crippen LogP contribution in [0.25, 0.3) is 0 Å². The molecule has 0 saturated heterocycles. The summed E-state index contributed by atoms with van der Waals surface area (Å²) in [5, 5.41) is 4.70. The second-order valence-corrected chi connectivity index (χ2v) is 2.35. The summed E-state index contributed by atoms with van der Waals surface area (Å²) in [4.78, 5) is 0. The average molecular weight is 144 g/mol. The summed E-state index contributed by atoms with van der Waals surface area (Å²) in [7, 11) is 1.82. The summed E-state index contributed by atoms with van der Waals surface area (Å²) in [5.41, 5.74) is 1.61. The highest BCUT2D eigenvalue weighted by Gasteiger charge is 2.04. The number of hydrogen-bond donors (Lipinski definition) is 0. The molecule has 0 bridgehead atoms. The predicted molar refractivity (Wildman–Crippen MR) is 37.4 cm³/mol. The zero-order valence-electron chi connectivity index (χ0n) is 5.48. The lowest BCUT2D eigenvalue weighted by molar-refractivity contribution is 0.743. The van der Waals surface area contributed by atoms with Crippen LogP contribution in [0.1, 0.15) is 11.4 Å².